The molecule has 1 unspecified atom stereocenters. The first-order valence-corrected chi connectivity index (χ1v) is 12.6. The summed E-state index contributed by atoms with van der Waals surface area (Å²) >= 11 is 0. The fraction of sp³-hybridized carbons (Fsp3) is 0.682. The van der Waals surface area contributed by atoms with E-state index in [0.29, 0.717) is 12.1 Å². The van der Waals surface area contributed by atoms with E-state index in [0.717, 1.165) is 23.6 Å². The van der Waals surface area contributed by atoms with Crippen molar-refractivity contribution in [3.05, 3.63) is 29.2 Å². The number of rotatable bonds is 17. The molecule has 0 fully saturated rings. The lowest BCUT2D eigenvalue weighted by Gasteiger charge is -2.22. The van der Waals surface area contributed by atoms with Gasteiger partial charge in [0.05, 0.1) is 11.4 Å². The topological polar surface area (TPSA) is 116 Å². The number of anilines is 1. The Hall–Kier alpha value is -1.84. The number of hydrogen-bond donors (Lipinski definition) is 2. The predicted molar refractivity (Wildman–Crippen MR) is 123 cm³/mol. The Morgan fingerprint density at radius 2 is 1.52 bits per heavy atom. The van der Waals surface area contributed by atoms with Gasteiger partial charge in [0.25, 0.3) is 0 Å². The second kappa shape index (κ2) is 15.0. The van der Waals surface area contributed by atoms with Gasteiger partial charge in [-0.3, -0.25) is 4.79 Å². The summed E-state index contributed by atoms with van der Waals surface area (Å²) in [5, 5.41) is 14.7. The number of hydrogen-bond acceptors (Lipinski definition) is 6. The van der Waals surface area contributed by atoms with Gasteiger partial charge >= 0.3 is 0 Å². The molecule has 1 rings (SSSR count). The Kier molecular flexibility index (Phi) is 13.2. The Morgan fingerprint density at radius 1 is 1.00 bits per heavy atom. The maximum Gasteiger partial charge on any atom is 0.243 e. The minimum Gasteiger partial charge on any atom is -0.368 e. The van der Waals surface area contributed by atoms with Crippen LogP contribution in [0.4, 0.5) is 5.69 Å². The standard InChI is InChI=1S/C22H37N3O5S/c1-3-4-5-6-7-8-9-10-11-12-17-25(18-22(27)24-28)31(29,30)21-15-13-20(14-16-21)23-19(2)26/h13-16,22,27H,3-12,17-18H2,1-2H3,(H,23,26). The average molecular weight is 456 g/mol. The fourth-order valence-corrected chi connectivity index (χ4v) is 4.84. The Labute approximate surface area is 186 Å². The number of nitrogens with one attached hydrogen (secondary N) is 1. The number of sulfonamides is 1. The van der Waals surface area contributed by atoms with Gasteiger partial charge in [-0.2, -0.15) is 4.31 Å². The third kappa shape index (κ3) is 10.8. The summed E-state index contributed by atoms with van der Waals surface area (Å²) in [5.41, 5.74) is 0.488. The molecule has 1 aromatic carbocycles. The van der Waals surface area contributed by atoms with Crippen molar-refractivity contribution >= 4 is 21.6 Å². The quantitative estimate of drug-likeness (QED) is 0.262. The monoisotopic (exact) mass is 455 g/mol. The van der Waals surface area contributed by atoms with Crippen LogP contribution < -0.4 is 5.32 Å². The van der Waals surface area contributed by atoms with Crippen molar-refractivity contribution in [2.24, 2.45) is 5.18 Å². The van der Waals surface area contributed by atoms with E-state index in [1.807, 2.05) is 0 Å². The molecule has 176 valence electrons. The van der Waals surface area contributed by atoms with Gasteiger partial charge in [0, 0.05) is 19.2 Å². The zero-order valence-electron chi connectivity index (χ0n) is 18.8. The first kappa shape index (κ1) is 27.2. The smallest absolute Gasteiger partial charge is 0.243 e. The summed E-state index contributed by atoms with van der Waals surface area (Å²) in [6, 6.07) is 5.79. The maximum absolute atomic E-state index is 13.0. The molecule has 0 aliphatic carbocycles. The summed E-state index contributed by atoms with van der Waals surface area (Å²) in [7, 11) is -3.90. The lowest BCUT2D eigenvalue weighted by atomic mass is 10.1. The van der Waals surface area contributed by atoms with Crippen molar-refractivity contribution in [1.82, 2.24) is 4.31 Å². The van der Waals surface area contributed by atoms with Gasteiger partial charge in [0.2, 0.25) is 22.2 Å². The second-order valence-corrected chi connectivity index (χ2v) is 9.77. The van der Waals surface area contributed by atoms with Crippen LogP contribution in [0, 0.1) is 4.91 Å². The number of carbonyl (C=O) groups excluding carboxylic acids is 1. The van der Waals surface area contributed by atoms with Crippen LogP contribution in [0.2, 0.25) is 0 Å². The Bertz CT molecular complexity index is 753. The van der Waals surface area contributed by atoms with Crippen molar-refractivity contribution < 1.29 is 18.3 Å². The highest BCUT2D eigenvalue weighted by Gasteiger charge is 2.26. The largest absolute Gasteiger partial charge is 0.368 e. The number of aliphatic hydroxyl groups is 1. The molecule has 0 aliphatic rings. The van der Waals surface area contributed by atoms with Crippen molar-refractivity contribution in [3.8, 4) is 0 Å². The molecule has 0 aliphatic heterocycles. The van der Waals surface area contributed by atoms with E-state index in [2.05, 4.69) is 17.4 Å². The minimum absolute atomic E-state index is 0.0341. The number of nitroso groups, excluding NO2 is 1. The highest BCUT2D eigenvalue weighted by molar-refractivity contribution is 7.89. The number of nitrogens with zero attached hydrogens (tertiary/aromatic N) is 2. The SMILES string of the molecule is CCCCCCCCCCCCN(CC(O)N=O)S(=O)(=O)c1ccc(NC(C)=O)cc1. The average Bonchev–Trinajstić information content (AvgIpc) is 2.73. The van der Waals surface area contributed by atoms with Crippen molar-refractivity contribution in [3.63, 3.8) is 0 Å². The summed E-state index contributed by atoms with van der Waals surface area (Å²) in [6.07, 6.45) is 9.61. The normalized spacial score (nSPS) is 12.6. The maximum atomic E-state index is 13.0. The molecule has 2 N–H and O–H groups in total. The van der Waals surface area contributed by atoms with Crippen molar-refractivity contribution in [2.45, 2.75) is 89.2 Å². The minimum atomic E-state index is -3.90. The highest BCUT2D eigenvalue weighted by Crippen LogP contribution is 2.20. The van der Waals surface area contributed by atoms with Gasteiger partial charge < -0.3 is 10.4 Å². The molecule has 0 saturated carbocycles. The summed E-state index contributed by atoms with van der Waals surface area (Å²) in [4.78, 5) is 21.8. The lowest BCUT2D eigenvalue weighted by Crippen LogP contribution is -2.37. The van der Waals surface area contributed by atoms with Crippen LogP contribution in [-0.4, -0.2) is 43.1 Å². The van der Waals surface area contributed by atoms with Crippen molar-refractivity contribution in [1.29, 1.82) is 0 Å². The Morgan fingerprint density at radius 3 is 2.00 bits per heavy atom. The molecule has 0 aromatic heterocycles. The van der Waals surface area contributed by atoms with Crippen molar-refractivity contribution in [2.75, 3.05) is 18.4 Å². The first-order valence-electron chi connectivity index (χ1n) is 11.2. The fourth-order valence-electron chi connectivity index (χ4n) is 3.36. The Balaban J connectivity index is 2.59. The van der Waals surface area contributed by atoms with Gasteiger partial charge in [-0.05, 0) is 35.9 Å². The number of benzene rings is 1. The van der Waals surface area contributed by atoms with Crippen LogP contribution in [0.15, 0.2) is 34.3 Å². The van der Waals surface area contributed by atoms with E-state index in [-0.39, 0.29) is 23.9 Å². The number of amides is 1. The molecular weight excluding hydrogens is 418 g/mol. The number of unbranched alkanes of at least 4 members (excludes halogenated alkanes) is 9. The molecule has 0 saturated heterocycles. The van der Waals surface area contributed by atoms with E-state index in [4.69, 9.17) is 0 Å². The van der Waals surface area contributed by atoms with Gasteiger partial charge in [-0.15, -0.1) is 4.91 Å². The highest BCUT2D eigenvalue weighted by atomic mass is 32.2. The molecule has 31 heavy (non-hydrogen) atoms. The number of aliphatic hydroxyl groups excluding tert-OH is 1. The molecule has 0 radical (unpaired) electrons. The van der Waals surface area contributed by atoms with Crippen LogP contribution >= 0.6 is 0 Å². The number of carbonyl (C=O) groups is 1. The molecular formula is C22H37N3O5S. The van der Waals surface area contributed by atoms with E-state index >= 15 is 0 Å². The molecule has 8 nitrogen and oxygen atoms in total. The van der Waals surface area contributed by atoms with Gasteiger partial charge in [0.1, 0.15) is 0 Å². The van der Waals surface area contributed by atoms with Crippen LogP contribution in [0.5, 0.6) is 0 Å². The molecule has 1 amide bonds. The second-order valence-electron chi connectivity index (χ2n) is 7.84. The van der Waals surface area contributed by atoms with Crippen LogP contribution in [-0.2, 0) is 14.8 Å². The summed E-state index contributed by atoms with van der Waals surface area (Å²) in [6.45, 7) is 3.40. The lowest BCUT2D eigenvalue weighted by molar-refractivity contribution is -0.114. The molecule has 0 heterocycles. The molecule has 1 atom stereocenters. The molecule has 0 spiro atoms. The zero-order valence-corrected chi connectivity index (χ0v) is 19.6. The molecule has 9 heteroatoms. The van der Waals surface area contributed by atoms with Gasteiger partial charge in [-0.1, -0.05) is 64.7 Å². The molecule has 1 aromatic rings. The van der Waals surface area contributed by atoms with Gasteiger partial charge in [0.15, 0.2) is 0 Å². The summed E-state index contributed by atoms with van der Waals surface area (Å²) in [5.74, 6) is -0.252. The van der Waals surface area contributed by atoms with Gasteiger partial charge in [-0.25, -0.2) is 8.42 Å². The van der Waals surface area contributed by atoms with E-state index in [1.165, 1.54) is 69.7 Å². The van der Waals surface area contributed by atoms with Crippen LogP contribution in [0.3, 0.4) is 0 Å². The summed E-state index contributed by atoms with van der Waals surface area (Å²) < 4.78 is 27.1. The van der Waals surface area contributed by atoms with Crippen LogP contribution in [0.25, 0.3) is 0 Å². The first-order chi connectivity index (χ1) is 14.8. The van der Waals surface area contributed by atoms with E-state index in [9.17, 15) is 23.2 Å². The van der Waals surface area contributed by atoms with Crippen LogP contribution in [0.1, 0.15) is 78.1 Å². The zero-order chi connectivity index (χ0) is 23.1. The third-order valence-electron chi connectivity index (χ3n) is 5.06. The molecule has 0 bridgehead atoms. The van der Waals surface area contributed by atoms with E-state index in [1.54, 1.807) is 0 Å². The predicted octanol–water partition coefficient (Wildman–Crippen LogP) is 4.64. The third-order valence-corrected chi connectivity index (χ3v) is 6.94. The van der Waals surface area contributed by atoms with E-state index < -0.39 is 16.3 Å².